The van der Waals surface area contributed by atoms with Crippen LogP contribution < -0.4 is 15.6 Å². The lowest BCUT2D eigenvalue weighted by molar-refractivity contribution is 0.0942. The predicted octanol–water partition coefficient (Wildman–Crippen LogP) is 6.77. The third-order valence-electron chi connectivity index (χ3n) is 6.87. The van der Waals surface area contributed by atoms with E-state index in [0.717, 1.165) is 27.8 Å². The van der Waals surface area contributed by atoms with Crippen molar-refractivity contribution in [3.05, 3.63) is 114 Å². The Morgan fingerprint density at radius 3 is 2.36 bits per heavy atom. The molecule has 1 saturated carbocycles. The molecule has 5 nitrogen and oxygen atoms in total. The number of para-hydroxylation sites is 1. The maximum Gasteiger partial charge on any atom is 0.269 e. The van der Waals surface area contributed by atoms with Crippen LogP contribution in [0, 0.1) is 0 Å². The molecule has 36 heavy (non-hydrogen) atoms. The van der Waals surface area contributed by atoms with Crippen LogP contribution in [0.4, 0.5) is 0 Å². The summed E-state index contributed by atoms with van der Waals surface area (Å²) in [4.78, 5) is 17.0. The van der Waals surface area contributed by atoms with Crippen molar-refractivity contribution in [2.24, 2.45) is 0 Å². The SMILES string of the molecule is C=C(NNC(=O)c1ccc(COc2cccc3cccnc23)cc1)c1ccc(C2CCCCC2)cc1. The first-order valence-corrected chi connectivity index (χ1v) is 12.6. The first-order valence-electron chi connectivity index (χ1n) is 12.6. The molecule has 5 rings (SSSR count). The van der Waals surface area contributed by atoms with Crippen molar-refractivity contribution in [1.29, 1.82) is 0 Å². The van der Waals surface area contributed by atoms with E-state index in [-0.39, 0.29) is 5.91 Å². The Bertz CT molecular complexity index is 1340. The minimum Gasteiger partial charge on any atom is -0.487 e. The van der Waals surface area contributed by atoms with Gasteiger partial charge in [-0.3, -0.25) is 20.6 Å². The van der Waals surface area contributed by atoms with E-state index in [9.17, 15) is 4.79 Å². The number of hydrogen-bond acceptors (Lipinski definition) is 4. The highest BCUT2D eigenvalue weighted by Gasteiger charge is 2.15. The molecule has 182 valence electrons. The van der Waals surface area contributed by atoms with Crippen molar-refractivity contribution in [3.63, 3.8) is 0 Å². The number of amides is 1. The van der Waals surface area contributed by atoms with Gasteiger partial charge in [-0.25, -0.2) is 0 Å². The Labute approximate surface area is 212 Å². The molecule has 0 aliphatic heterocycles. The Balaban J connectivity index is 1.13. The van der Waals surface area contributed by atoms with E-state index in [2.05, 4.69) is 46.7 Å². The van der Waals surface area contributed by atoms with Crippen LogP contribution in [0.25, 0.3) is 16.6 Å². The Hall–Kier alpha value is -4.12. The molecule has 1 amide bonds. The van der Waals surface area contributed by atoms with E-state index < -0.39 is 0 Å². The van der Waals surface area contributed by atoms with Gasteiger partial charge in [0.2, 0.25) is 0 Å². The molecule has 0 bridgehead atoms. The molecule has 2 N–H and O–H groups in total. The van der Waals surface area contributed by atoms with Crippen LogP contribution in [0.1, 0.15) is 65.1 Å². The zero-order valence-electron chi connectivity index (χ0n) is 20.4. The normalized spacial score (nSPS) is 13.8. The van der Waals surface area contributed by atoms with Gasteiger partial charge in [0.05, 0.1) is 5.70 Å². The van der Waals surface area contributed by atoms with E-state index in [0.29, 0.717) is 23.8 Å². The minimum absolute atomic E-state index is 0.222. The molecule has 0 spiro atoms. The second kappa shape index (κ2) is 11.1. The fourth-order valence-corrected chi connectivity index (χ4v) is 4.78. The van der Waals surface area contributed by atoms with Crippen LogP contribution in [0.15, 0.2) is 91.6 Å². The predicted molar refractivity (Wildman–Crippen MR) is 144 cm³/mol. The number of fused-ring (bicyclic) bond motifs is 1. The number of nitrogens with zero attached hydrogens (tertiary/aromatic N) is 1. The van der Waals surface area contributed by atoms with Gasteiger partial charge in [0, 0.05) is 17.1 Å². The van der Waals surface area contributed by atoms with Crippen LogP contribution in [-0.4, -0.2) is 10.9 Å². The summed E-state index contributed by atoms with van der Waals surface area (Å²) in [5.41, 5.74) is 11.1. The minimum atomic E-state index is -0.222. The van der Waals surface area contributed by atoms with Gasteiger partial charge >= 0.3 is 0 Å². The second-order valence-corrected chi connectivity index (χ2v) is 9.33. The number of aromatic nitrogens is 1. The largest absolute Gasteiger partial charge is 0.487 e. The van der Waals surface area contributed by atoms with Gasteiger partial charge in [0.15, 0.2) is 0 Å². The van der Waals surface area contributed by atoms with Gasteiger partial charge in [0.25, 0.3) is 5.91 Å². The lowest BCUT2D eigenvalue weighted by Crippen LogP contribution is -2.35. The number of nitrogens with one attached hydrogen (secondary N) is 2. The smallest absolute Gasteiger partial charge is 0.269 e. The summed E-state index contributed by atoms with van der Waals surface area (Å²) in [6.45, 7) is 4.47. The van der Waals surface area contributed by atoms with Gasteiger partial charge in [0.1, 0.15) is 17.9 Å². The lowest BCUT2D eigenvalue weighted by atomic mass is 9.84. The molecule has 1 heterocycles. The maximum absolute atomic E-state index is 12.6. The van der Waals surface area contributed by atoms with Crippen molar-refractivity contribution < 1.29 is 9.53 Å². The van der Waals surface area contributed by atoms with Crippen molar-refractivity contribution in [2.45, 2.75) is 44.6 Å². The van der Waals surface area contributed by atoms with E-state index in [1.54, 1.807) is 18.3 Å². The first kappa shape index (κ1) is 23.6. The van der Waals surface area contributed by atoms with E-state index in [1.807, 2.05) is 42.5 Å². The molecule has 1 aliphatic carbocycles. The van der Waals surface area contributed by atoms with Crippen molar-refractivity contribution in [3.8, 4) is 5.75 Å². The molecule has 1 fully saturated rings. The fourth-order valence-electron chi connectivity index (χ4n) is 4.78. The summed E-state index contributed by atoms with van der Waals surface area (Å²) >= 11 is 0. The van der Waals surface area contributed by atoms with Gasteiger partial charge < -0.3 is 4.74 Å². The van der Waals surface area contributed by atoms with Crippen molar-refractivity contribution in [2.75, 3.05) is 0 Å². The molecule has 4 aromatic rings. The number of ether oxygens (including phenoxy) is 1. The number of pyridine rings is 1. The zero-order valence-corrected chi connectivity index (χ0v) is 20.4. The van der Waals surface area contributed by atoms with Gasteiger partial charge in [-0.1, -0.05) is 80.4 Å². The summed E-state index contributed by atoms with van der Waals surface area (Å²) in [6.07, 6.45) is 8.32. The number of carbonyl (C=O) groups excluding carboxylic acids is 1. The molecule has 0 saturated heterocycles. The van der Waals surface area contributed by atoms with Crippen molar-refractivity contribution >= 4 is 22.5 Å². The Kier molecular flexibility index (Phi) is 7.27. The van der Waals surface area contributed by atoms with Gasteiger partial charge in [-0.05, 0) is 59.7 Å². The number of rotatable bonds is 8. The molecule has 0 radical (unpaired) electrons. The molecule has 0 unspecified atom stereocenters. The van der Waals surface area contributed by atoms with E-state index in [4.69, 9.17) is 4.74 Å². The third kappa shape index (κ3) is 5.57. The van der Waals surface area contributed by atoms with Gasteiger partial charge in [-0.15, -0.1) is 0 Å². The van der Waals surface area contributed by atoms with Crippen LogP contribution in [0.2, 0.25) is 0 Å². The highest BCUT2D eigenvalue weighted by atomic mass is 16.5. The Morgan fingerprint density at radius 1 is 0.861 bits per heavy atom. The second-order valence-electron chi connectivity index (χ2n) is 9.33. The highest BCUT2D eigenvalue weighted by molar-refractivity contribution is 5.94. The van der Waals surface area contributed by atoms with Gasteiger partial charge in [-0.2, -0.15) is 0 Å². The van der Waals surface area contributed by atoms with Crippen LogP contribution in [-0.2, 0) is 6.61 Å². The van der Waals surface area contributed by atoms with Crippen LogP contribution in [0.3, 0.4) is 0 Å². The molecular weight excluding hydrogens is 446 g/mol. The van der Waals surface area contributed by atoms with E-state index >= 15 is 0 Å². The zero-order chi connectivity index (χ0) is 24.7. The highest BCUT2D eigenvalue weighted by Crippen LogP contribution is 2.32. The number of hydrazine groups is 1. The fraction of sp³-hybridized carbons (Fsp3) is 0.226. The summed E-state index contributed by atoms with van der Waals surface area (Å²) in [5.74, 6) is 1.19. The molecule has 0 atom stereocenters. The summed E-state index contributed by atoms with van der Waals surface area (Å²) in [6, 6.07) is 25.7. The molecule has 1 aromatic heterocycles. The standard InChI is InChI=1S/C31H31N3O2/c1-22(24-16-18-26(19-17-24)25-7-3-2-4-8-25)33-34-31(35)28-14-12-23(13-15-28)21-36-29-11-5-9-27-10-6-20-32-30(27)29/h5-6,9-20,25,33H,1-4,7-8,21H2,(H,34,35). The third-order valence-corrected chi connectivity index (χ3v) is 6.87. The molecule has 3 aromatic carbocycles. The van der Waals surface area contributed by atoms with E-state index in [1.165, 1.54) is 37.7 Å². The molecule has 1 aliphatic rings. The molecule has 5 heteroatoms. The van der Waals surface area contributed by atoms with Crippen molar-refractivity contribution in [1.82, 2.24) is 15.8 Å². The average molecular weight is 478 g/mol. The quantitative estimate of drug-likeness (QED) is 0.275. The summed E-state index contributed by atoms with van der Waals surface area (Å²) in [7, 11) is 0. The number of hydrogen-bond donors (Lipinski definition) is 2. The summed E-state index contributed by atoms with van der Waals surface area (Å²) in [5, 5.41) is 1.04. The maximum atomic E-state index is 12.6. The molecular formula is C31H31N3O2. The topological polar surface area (TPSA) is 63.2 Å². The van der Waals surface area contributed by atoms with Crippen LogP contribution >= 0.6 is 0 Å². The first-order chi connectivity index (χ1) is 17.7. The monoisotopic (exact) mass is 477 g/mol. The average Bonchev–Trinajstić information content (AvgIpc) is 2.95. The Morgan fingerprint density at radius 2 is 1.58 bits per heavy atom. The summed E-state index contributed by atoms with van der Waals surface area (Å²) < 4.78 is 5.99. The number of benzene rings is 3. The lowest BCUT2D eigenvalue weighted by Gasteiger charge is -2.22. The van der Waals surface area contributed by atoms with Crippen LogP contribution in [0.5, 0.6) is 5.75 Å². The number of carbonyl (C=O) groups is 1.